The lowest BCUT2D eigenvalue weighted by molar-refractivity contribution is -0.110. The van der Waals surface area contributed by atoms with Gasteiger partial charge >= 0.3 is 0 Å². The molecule has 0 spiro atoms. The third kappa shape index (κ3) is 4.22. The largest absolute Gasteiger partial charge is 0.297 e. The summed E-state index contributed by atoms with van der Waals surface area (Å²) in [6.07, 6.45) is 0. The zero-order valence-electron chi connectivity index (χ0n) is 14.1. The van der Waals surface area contributed by atoms with E-state index < -0.39 is 15.3 Å². The summed E-state index contributed by atoms with van der Waals surface area (Å²) in [6, 6.07) is 15.3. The molecule has 0 aromatic heterocycles. The highest BCUT2D eigenvalue weighted by atomic mass is 127. The van der Waals surface area contributed by atoms with Gasteiger partial charge in [-0.1, -0.05) is 48.0 Å². The van der Waals surface area contributed by atoms with Crippen molar-refractivity contribution >= 4 is 32.6 Å². The molecule has 1 aliphatic heterocycles. The Morgan fingerprint density at radius 2 is 1.88 bits per heavy atom. The first-order chi connectivity index (χ1) is 11.9. The SMILES string of the molecule is Cc1ccc(CNS(=O)(=O)[C@H]2CON(C)[C@@H]2c2ccccc2I)cc1. The Bertz CT molecular complexity index is 840. The minimum Gasteiger partial charge on any atom is -0.297 e. The number of nitrogens with zero attached hydrogens (tertiary/aromatic N) is 1. The van der Waals surface area contributed by atoms with Gasteiger partial charge in [0.05, 0.1) is 12.6 Å². The van der Waals surface area contributed by atoms with Crippen molar-refractivity contribution in [3.8, 4) is 0 Å². The van der Waals surface area contributed by atoms with Crippen LogP contribution in [0.1, 0.15) is 22.7 Å². The van der Waals surface area contributed by atoms with Gasteiger partial charge in [0, 0.05) is 17.2 Å². The molecule has 2 atom stereocenters. The molecule has 0 amide bonds. The van der Waals surface area contributed by atoms with Crippen molar-refractivity contribution < 1.29 is 13.3 Å². The van der Waals surface area contributed by atoms with Gasteiger partial charge in [0.1, 0.15) is 5.25 Å². The highest BCUT2D eigenvalue weighted by Crippen LogP contribution is 2.35. The second-order valence-electron chi connectivity index (χ2n) is 6.20. The Kier molecular flexibility index (Phi) is 5.79. The Labute approximate surface area is 162 Å². The molecular formula is C18H21IN2O3S. The van der Waals surface area contributed by atoms with Gasteiger partial charge in [-0.05, 0) is 46.7 Å². The second kappa shape index (κ2) is 7.71. The Morgan fingerprint density at radius 1 is 1.20 bits per heavy atom. The van der Waals surface area contributed by atoms with Crippen molar-refractivity contribution in [1.82, 2.24) is 9.79 Å². The number of hydrogen-bond donors (Lipinski definition) is 1. The van der Waals surface area contributed by atoms with Gasteiger partial charge in [0.2, 0.25) is 10.0 Å². The van der Waals surface area contributed by atoms with Crippen LogP contribution in [0, 0.1) is 10.5 Å². The quantitative estimate of drug-likeness (QED) is 0.680. The molecular weight excluding hydrogens is 451 g/mol. The summed E-state index contributed by atoms with van der Waals surface area (Å²) >= 11 is 2.23. The van der Waals surface area contributed by atoms with Crippen molar-refractivity contribution in [1.29, 1.82) is 0 Å². The first kappa shape index (κ1) is 18.8. The molecule has 2 aromatic rings. The van der Waals surface area contributed by atoms with Gasteiger partial charge in [-0.15, -0.1) is 0 Å². The van der Waals surface area contributed by atoms with Crippen LogP contribution in [0.3, 0.4) is 0 Å². The summed E-state index contributed by atoms with van der Waals surface area (Å²) in [5.74, 6) is 0. The highest BCUT2D eigenvalue weighted by molar-refractivity contribution is 14.1. The number of halogens is 1. The van der Waals surface area contributed by atoms with E-state index in [0.29, 0.717) is 0 Å². The number of benzene rings is 2. The van der Waals surface area contributed by atoms with E-state index in [9.17, 15) is 8.42 Å². The lowest BCUT2D eigenvalue weighted by atomic mass is 10.0. The lowest BCUT2D eigenvalue weighted by Crippen LogP contribution is -2.39. The number of nitrogens with one attached hydrogen (secondary N) is 1. The number of aryl methyl sites for hydroxylation is 1. The second-order valence-corrected chi connectivity index (χ2v) is 9.34. The maximum absolute atomic E-state index is 12.9. The zero-order chi connectivity index (χ0) is 18.0. The maximum Gasteiger partial charge on any atom is 0.219 e. The molecule has 1 aliphatic rings. The van der Waals surface area contributed by atoms with E-state index >= 15 is 0 Å². The third-order valence-electron chi connectivity index (χ3n) is 4.41. The predicted molar refractivity (Wildman–Crippen MR) is 106 cm³/mol. The van der Waals surface area contributed by atoms with Crippen LogP contribution < -0.4 is 4.72 Å². The van der Waals surface area contributed by atoms with Crippen molar-refractivity contribution in [3.63, 3.8) is 0 Å². The first-order valence-corrected chi connectivity index (χ1v) is 10.6. The lowest BCUT2D eigenvalue weighted by Gasteiger charge is -2.24. The van der Waals surface area contributed by atoms with E-state index in [1.807, 2.05) is 55.5 Å². The van der Waals surface area contributed by atoms with Crippen LogP contribution in [-0.4, -0.2) is 32.4 Å². The minimum absolute atomic E-state index is 0.148. The Morgan fingerprint density at radius 3 is 2.56 bits per heavy atom. The molecule has 7 heteroatoms. The molecule has 0 aliphatic carbocycles. The van der Waals surface area contributed by atoms with Gasteiger partial charge in [0.15, 0.2) is 0 Å². The van der Waals surface area contributed by atoms with E-state index in [4.69, 9.17) is 4.84 Å². The summed E-state index contributed by atoms with van der Waals surface area (Å²) in [6.45, 7) is 2.43. The summed E-state index contributed by atoms with van der Waals surface area (Å²) < 4.78 is 29.6. The van der Waals surface area contributed by atoms with Gasteiger partial charge < -0.3 is 0 Å². The number of hydroxylamine groups is 2. The monoisotopic (exact) mass is 472 g/mol. The summed E-state index contributed by atoms with van der Waals surface area (Å²) in [5.41, 5.74) is 3.05. The van der Waals surface area contributed by atoms with Gasteiger partial charge in [0.25, 0.3) is 0 Å². The highest BCUT2D eigenvalue weighted by Gasteiger charge is 2.43. The van der Waals surface area contributed by atoms with Crippen molar-refractivity contribution in [2.75, 3.05) is 13.7 Å². The average Bonchev–Trinajstić information content (AvgIpc) is 2.97. The molecule has 0 bridgehead atoms. The van der Waals surface area contributed by atoms with Gasteiger partial charge in [-0.25, -0.2) is 13.1 Å². The van der Waals surface area contributed by atoms with Crippen molar-refractivity contribution in [3.05, 3.63) is 68.8 Å². The maximum atomic E-state index is 12.9. The molecule has 25 heavy (non-hydrogen) atoms. The normalized spacial score (nSPS) is 21.6. The molecule has 1 heterocycles. The van der Waals surface area contributed by atoms with Crippen LogP contribution in [0.15, 0.2) is 48.5 Å². The van der Waals surface area contributed by atoms with Crippen molar-refractivity contribution in [2.45, 2.75) is 24.8 Å². The van der Waals surface area contributed by atoms with Crippen LogP contribution in [0.4, 0.5) is 0 Å². The molecule has 134 valence electrons. The Balaban J connectivity index is 1.80. The molecule has 0 unspecified atom stereocenters. The third-order valence-corrected chi connectivity index (χ3v) is 7.13. The zero-order valence-corrected chi connectivity index (χ0v) is 17.1. The predicted octanol–water partition coefficient (Wildman–Crippen LogP) is 3.01. The minimum atomic E-state index is -3.54. The van der Waals surface area contributed by atoms with Crippen molar-refractivity contribution in [2.24, 2.45) is 0 Å². The van der Waals surface area contributed by atoms with E-state index in [1.54, 1.807) is 12.1 Å². The molecule has 1 N–H and O–H groups in total. The Hall–Kier alpha value is -1.000. The number of sulfonamides is 1. The topological polar surface area (TPSA) is 58.6 Å². The van der Waals surface area contributed by atoms with E-state index in [0.717, 1.165) is 20.3 Å². The van der Waals surface area contributed by atoms with Crippen LogP contribution >= 0.6 is 22.6 Å². The van der Waals surface area contributed by atoms with Crippen LogP contribution in [-0.2, 0) is 21.4 Å². The van der Waals surface area contributed by atoms with E-state index in [1.165, 1.54) is 0 Å². The molecule has 3 rings (SSSR count). The van der Waals surface area contributed by atoms with Crippen LogP contribution in [0.5, 0.6) is 0 Å². The number of hydrogen-bond acceptors (Lipinski definition) is 4. The molecule has 0 radical (unpaired) electrons. The first-order valence-electron chi connectivity index (χ1n) is 8.02. The molecule has 1 saturated heterocycles. The fraction of sp³-hybridized carbons (Fsp3) is 0.333. The van der Waals surface area contributed by atoms with E-state index in [-0.39, 0.29) is 19.2 Å². The van der Waals surface area contributed by atoms with Crippen LogP contribution in [0.25, 0.3) is 0 Å². The molecule has 5 nitrogen and oxygen atoms in total. The summed E-state index contributed by atoms with van der Waals surface area (Å²) in [5, 5.41) is 0.992. The van der Waals surface area contributed by atoms with Gasteiger partial charge in [-0.2, -0.15) is 5.06 Å². The molecule has 2 aromatic carbocycles. The molecule has 0 saturated carbocycles. The standard InChI is InChI=1S/C18H21IN2O3S/c1-13-7-9-14(10-8-13)11-20-25(22,23)17-12-24-21(2)18(17)15-5-3-4-6-16(15)19/h3-10,17-18,20H,11-12H2,1-2H3/t17-,18+/m0/s1. The molecule has 1 fully saturated rings. The fourth-order valence-corrected chi connectivity index (χ4v) is 5.15. The summed E-state index contributed by atoms with van der Waals surface area (Å²) in [7, 11) is -1.75. The van der Waals surface area contributed by atoms with Crippen LogP contribution in [0.2, 0.25) is 0 Å². The number of rotatable bonds is 5. The van der Waals surface area contributed by atoms with Gasteiger partial charge in [-0.3, -0.25) is 4.84 Å². The smallest absolute Gasteiger partial charge is 0.219 e. The summed E-state index contributed by atoms with van der Waals surface area (Å²) in [4.78, 5) is 5.55. The fourth-order valence-electron chi connectivity index (χ4n) is 2.96. The average molecular weight is 472 g/mol. The van der Waals surface area contributed by atoms with E-state index in [2.05, 4.69) is 27.3 Å².